The molecule has 0 aromatic heterocycles. The summed E-state index contributed by atoms with van der Waals surface area (Å²) in [5.41, 5.74) is 0.738. The summed E-state index contributed by atoms with van der Waals surface area (Å²) >= 11 is 3.31. The number of benzene rings is 1. The fraction of sp³-hybridized carbons (Fsp3) is 0.250. The van der Waals surface area contributed by atoms with E-state index in [4.69, 9.17) is 4.84 Å². The first-order valence-corrected chi connectivity index (χ1v) is 6.17. The highest BCUT2D eigenvalue weighted by Gasteiger charge is 2.32. The van der Waals surface area contributed by atoms with Crippen LogP contribution in [0.4, 0.5) is 0 Å². The number of hydrogen-bond donors (Lipinski definition) is 0. The topological polar surface area (TPSA) is 63.7 Å². The van der Waals surface area contributed by atoms with Crippen molar-refractivity contribution in [3.8, 4) is 0 Å². The zero-order valence-corrected chi connectivity index (χ0v) is 11.0. The third-order valence-corrected chi connectivity index (χ3v) is 3.27. The molecule has 1 aliphatic rings. The predicted molar refractivity (Wildman–Crippen MR) is 65.0 cm³/mol. The van der Waals surface area contributed by atoms with E-state index in [9.17, 15) is 14.4 Å². The Labute approximate surface area is 112 Å². The molecule has 0 atom stereocenters. The van der Waals surface area contributed by atoms with Crippen LogP contribution in [0.5, 0.6) is 0 Å². The second kappa shape index (κ2) is 5.30. The number of carbonyl (C=O) groups excluding carboxylic acids is 3. The van der Waals surface area contributed by atoms with Gasteiger partial charge in [-0.3, -0.25) is 9.59 Å². The van der Waals surface area contributed by atoms with Gasteiger partial charge in [0.25, 0.3) is 11.8 Å². The van der Waals surface area contributed by atoms with Crippen molar-refractivity contribution in [3.05, 3.63) is 34.3 Å². The zero-order chi connectivity index (χ0) is 13.1. The Kier molecular flexibility index (Phi) is 3.76. The average molecular weight is 312 g/mol. The van der Waals surface area contributed by atoms with Crippen LogP contribution in [0.1, 0.15) is 18.4 Å². The number of hydrogen-bond acceptors (Lipinski definition) is 4. The van der Waals surface area contributed by atoms with Gasteiger partial charge >= 0.3 is 5.97 Å². The molecular formula is C12H10BrNO4. The molecule has 1 aliphatic heterocycles. The molecule has 0 N–H and O–H groups in total. The molecule has 0 radical (unpaired) electrons. The van der Waals surface area contributed by atoms with E-state index in [1.54, 1.807) is 18.2 Å². The minimum absolute atomic E-state index is 0.00150. The summed E-state index contributed by atoms with van der Waals surface area (Å²) in [7, 11) is 0. The third kappa shape index (κ3) is 2.76. The van der Waals surface area contributed by atoms with Crippen LogP contribution in [0, 0.1) is 0 Å². The van der Waals surface area contributed by atoms with E-state index in [0.717, 1.165) is 10.0 Å². The first-order chi connectivity index (χ1) is 8.58. The van der Waals surface area contributed by atoms with Gasteiger partial charge in [0, 0.05) is 17.3 Å². The van der Waals surface area contributed by atoms with Crippen LogP contribution in [0.2, 0.25) is 0 Å². The number of rotatable bonds is 3. The lowest BCUT2D eigenvalue weighted by atomic mass is 10.2. The third-order valence-electron chi connectivity index (χ3n) is 2.49. The SMILES string of the molecule is O=C(Cc1ccccc1Br)ON1C(=O)CCC1=O. The molecule has 1 fully saturated rings. The molecule has 0 unspecified atom stereocenters. The molecule has 2 amide bonds. The lowest BCUT2D eigenvalue weighted by molar-refractivity contribution is -0.197. The van der Waals surface area contributed by atoms with Crippen molar-refractivity contribution in [2.75, 3.05) is 0 Å². The standard InChI is InChI=1S/C12H10BrNO4/c13-9-4-2-1-3-8(9)7-12(17)18-14-10(15)5-6-11(14)16/h1-4H,5-7H2. The van der Waals surface area contributed by atoms with Gasteiger partial charge in [-0.1, -0.05) is 34.1 Å². The molecule has 1 aromatic carbocycles. The van der Waals surface area contributed by atoms with Crippen molar-refractivity contribution in [1.82, 2.24) is 5.06 Å². The van der Waals surface area contributed by atoms with Crippen molar-refractivity contribution in [3.63, 3.8) is 0 Å². The molecule has 94 valence electrons. The van der Waals surface area contributed by atoms with Crippen molar-refractivity contribution in [2.45, 2.75) is 19.3 Å². The lowest BCUT2D eigenvalue weighted by Gasteiger charge is -2.12. The first-order valence-electron chi connectivity index (χ1n) is 5.38. The minimum Gasteiger partial charge on any atom is -0.330 e. The molecule has 0 spiro atoms. The van der Waals surface area contributed by atoms with Gasteiger partial charge in [-0.05, 0) is 11.6 Å². The summed E-state index contributed by atoms with van der Waals surface area (Å²) < 4.78 is 0.779. The highest BCUT2D eigenvalue weighted by molar-refractivity contribution is 9.10. The highest BCUT2D eigenvalue weighted by atomic mass is 79.9. The maximum Gasteiger partial charge on any atom is 0.337 e. The molecule has 2 rings (SSSR count). The molecule has 0 saturated carbocycles. The smallest absolute Gasteiger partial charge is 0.330 e. The number of amides is 2. The maximum atomic E-state index is 11.6. The molecule has 1 heterocycles. The largest absolute Gasteiger partial charge is 0.337 e. The Hall–Kier alpha value is -1.69. The van der Waals surface area contributed by atoms with Crippen LogP contribution in [0.25, 0.3) is 0 Å². The lowest BCUT2D eigenvalue weighted by Crippen LogP contribution is -2.32. The summed E-state index contributed by atoms with van der Waals surface area (Å²) in [5, 5.41) is 0.555. The second-order valence-corrected chi connectivity index (χ2v) is 4.67. The Morgan fingerprint density at radius 2 is 1.83 bits per heavy atom. The van der Waals surface area contributed by atoms with Gasteiger partial charge in [0.05, 0.1) is 6.42 Å². The van der Waals surface area contributed by atoms with Crippen molar-refractivity contribution >= 4 is 33.7 Å². The van der Waals surface area contributed by atoms with Crippen LogP contribution in [-0.2, 0) is 25.6 Å². The molecular weight excluding hydrogens is 302 g/mol. The van der Waals surface area contributed by atoms with Crippen LogP contribution in [-0.4, -0.2) is 22.8 Å². The number of hydroxylamine groups is 2. The summed E-state index contributed by atoms with van der Waals surface area (Å²) in [6, 6.07) is 7.18. The quantitative estimate of drug-likeness (QED) is 0.795. The molecule has 0 aliphatic carbocycles. The number of halogens is 1. The van der Waals surface area contributed by atoms with Gasteiger partial charge in [0.1, 0.15) is 0 Å². The van der Waals surface area contributed by atoms with E-state index in [1.165, 1.54) is 0 Å². The van der Waals surface area contributed by atoms with Crippen LogP contribution >= 0.6 is 15.9 Å². The van der Waals surface area contributed by atoms with Gasteiger partial charge in [0.2, 0.25) is 0 Å². The molecule has 1 saturated heterocycles. The van der Waals surface area contributed by atoms with E-state index in [0.29, 0.717) is 5.06 Å². The summed E-state index contributed by atoms with van der Waals surface area (Å²) in [5.74, 6) is -1.58. The molecule has 18 heavy (non-hydrogen) atoms. The summed E-state index contributed by atoms with van der Waals surface area (Å²) in [4.78, 5) is 38.9. The van der Waals surface area contributed by atoms with Crippen molar-refractivity contribution in [2.24, 2.45) is 0 Å². The van der Waals surface area contributed by atoms with E-state index in [1.807, 2.05) is 6.07 Å². The van der Waals surface area contributed by atoms with E-state index >= 15 is 0 Å². The van der Waals surface area contributed by atoms with E-state index < -0.39 is 17.8 Å². The Morgan fingerprint density at radius 1 is 1.22 bits per heavy atom. The van der Waals surface area contributed by atoms with E-state index in [-0.39, 0.29) is 19.3 Å². The monoisotopic (exact) mass is 311 g/mol. The summed E-state index contributed by atoms with van der Waals surface area (Å²) in [6.45, 7) is 0. The minimum atomic E-state index is -0.634. The van der Waals surface area contributed by atoms with Gasteiger partial charge < -0.3 is 4.84 Å². The number of nitrogens with zero attached hydrogens (tertiary/aromatic N) is 1. The zero-order valence-electron chi connectivity index (χ0n) is 9.39. The van der Waals surface area contributed by atoms with Crippen LogP contribution in [0.15, 0.2) is 28.7 Å². The molecule has 1 aromatic rings. The fourth-order valence-electron chi connectivity index (χ4n) is 1.59. The average Bonchev–Trinajstić information content (AvgIpc) is 2.64. The van der Waals surface area contributed by atoms with Gasteiger partial charge in [-0.2, -0.15) is 0 Å². The van der Waals surface area contributed by atoms with Gasteiger partial charge in [0.15, 0.2) is 0 Å². The predicted octanol–water partition coefficient (Wildman–Crippen LogP) is 1.60. The fourth-order valence-corrected chi connectivity index (χ4v) is 2.01. The maximum absolute atomic E-state index is 11.6. The van der Waals surface area contributed by atoms with Gasteiger partial charge in [-0.25, -0.2) is 4.79 Å². The van der Waals surface area contributed by atoms with Crippen LogP contribution in [0.3, 0.4) is 0 Å². The second-order valence-electron chi connectivity index (χ2n) is 3.81. The number of imide groups is 1. The highest BCUT2D eigenvalue weighted by Crippen LogP contribution is 2.18. The summed E-state index contributed by atoms with van der Waals surface area (Å²) in [6.07, 6.45) is 0.195. The molecule has 6 heteroatoms. The van der Waals surface area contributed by atoms with Gasteiger partial charge in [-0.15, -0.1) is 5.06 Å². The molecule has 0 bridgehead atoms. The Morgan fingerprint density at radius 3 is 2.44 bits per heavy atom. The normalized spacial score (nSPS) is 15.1. The Bertz CT molecular complexity index is 499. The first kappa shape index (κ1) is 12.8. The van der Waals surface area contributed by atoms with E-state index in [2.05, 4.69) is 15.9 Å². The van der Waals surface area contributed by atoms with Crippen LogP contribution < -0.4 is 0 Å². The molecule has 5 nitrogen and oxygen atoms in total. The van der Waals surface area contributed by atoms with Crippen molar-refractivity contribution < 1.29 is 19.2 Å². The Balaban J connectivity index is 1.99. The van der Waals surface area contributed by atoms with Crippen molar-refractivity contribution in [1.29, 1.82) is 0 Å². The number of carbonyl (C=O) groups is 3.